The van der Waals surface area contributed by atoms with Gasteiger partial charge in [-0.2, -0.15) is 5.10 Å². The maximum Gasteiger partial charge on any atom is 0.266 e. The number of carbonyl (C=O) groups excluding carboxylic acids is 1. The van der Waals surface area contributed by atoms with Crippen LogP contribution in [0.1, 0.15) is 50.7 Å². The highest BCUT2D eigenvalue weighted by Crippen LogP contribution is 2.37. The lowest BCUT2D eigenvalue weighted by molar-refractivity contribution is -0.122. The smallest absolute Gasteiger partial charge is 0.266 e. The largest absolute Gasteiger partial charge is 0.497 e. The second kappa shape index (κ2) is 11.9. The van der Waals surface area contributed by atoms with Crippen LogP contribution in [0, 0.1) is 12.8 Å². The predicted molar refractivity (Wildman–Crippen MR) is 153 cm³/mol. The van der Waals surface area contributed by atoms with Gasteiger partial charge < -0.3 is 4.74 Å². The minimum Gasteiger partial charge on any atom is -0.497 e. The van der Waals surface area contributed by atoms with Crippen LogP contribution in [0.5, 0.6) is 5.75 Å². The van der Waals surface area contributed by atoms with Gasteiger partial charge in [0.05, 0.1) is 17.7 Å². The zero-order valence-corrected chi connectivity index (χ0v) is 23.0. The zero-order valence-electron chi connectivity index (χ0n) is 21.4. The molecule has 0 bridgehead atoms. The van der Waals surface area contributed by atoms with Crippen molar-refractivity contribution >= 4 is 40.3 Å². The van der Waals surface area contributed by atoms with Crippen LogP contribution in [0.15, 0.2) is 59.6 Å². The van der Waals surface area contributed by atoms with Crippen LogP contribution < -0.4 is 4.74 Å². The van der Waals surface area contributed by atoms with E-state index >= 15 is 0 Å². The van der Waals surface area contributed by atoms with Gasteiger partial charge in [0.2, 0.25) is 0 Å². The van der Waals surface area contributed by atoms with E-state index in [4.69, 9.17) is 22.1 Å². The van der Waals surface area contributed by atoms with Gasteiger partial charge >= 0.3 is 0 Å². The lowest BCUT2D eigenvalue weighted by Crippen LogP contribution is -2.33. The molecule has 0 saturated carbocycles. The average Bonchev–Trinajstić information content (AvgIpc) is 3.42. The Hall–Kier alpha value is -2.90. The van der Waals surface area contributed by atoms with Crippen molar-refractivity contribution in [2.45, 2.75) is 46.5 Å². The van der Waals surface area contributed by atoms with Crippen molar-refractivity contribution in [3.8, 4) is 22.7 Å². The highest BCUT2D eigenvalue weighted by molar-refractivity contribution is 8.26. The number of thioether (sulfide) groups is 1. The molecule has 2 heterocycles. The van der Waals surface area contributed by atoms with E-state index in [1.807, 2.05) is 72.4 Å². The van der Waals surface area contributed by atoms with E-state index in [0.717, 1.165) is 53.1 Å². The van der Waals surface area contributed by atoms with Crippen LogP contribution in [0.4, 0.5) is 0 Å². The first-order chi connectivity index (χ1) is 17.4. The van der Waals surface area contributed by atoms with E-state index in [2.05, 4.69) is 13.8 Å². The minimum absolute atomic E-state index is 0.00943. The fraction of sp³-hybridized carbons (Fsp3) is 0.345. The van der Waals surface area contributed by atoms with Crippen LogP contribution >= 0.6 is 24.0 Å². The number of thiocarbonyl (C=S) groups is 1. The van der Waals surface area contributed by atoms with Gasteiger partial charge in [-0.05, 0) is 61.2 Å². The van der Waals surface area contributed by atoms with Crippen molar-refractivity contribution in [1.29, 1.82) is 0 Å². The van der Waals surface area contributed by atoms with Crippen molar-refractivity contribution < 1.29 is 9.53 Å². The number of aromatic nitrogens is 2. The second-order valence-corrected chi connectivity index (χ2v) is 10.8. The molecule has 1 aliphatic rings. The molecule has 0 unspecified atom stereocenters. The van der Waals surface area contributed by atoms with Crippen molar-refractivity contribution in [1.82, 2.24) is 14.7 Å². The molecule has 36 heavy (non-hydrogen) atoms. The van der Waals surface area contributed by atoms with Crippen LogP contribution in [-0.4, -0.2) is 38.6 Å². The summed E-state index contributed by atoms with van der Waals surface area (Å²) in [7, 11) is 1.66. The number of ether oxygens (including phenoxy) is 1. The van der Waals surface area contributed by atoms with Crippen molar-refractivity contribution in [3.05, 3.63) is 70.8 Å². The Morgan fingerprint density at radius 2 is 1.94 bits per heavy atom. The van der Waals surface area contributed by atoms with Gasteiger partial charge in [0, 0.05) is 23.9 Å². The lowest BCUT2D eigenvalue weighted by Gasteiger charge is -2.21. The minimum atomic E-state index is -0.00943. The number of para-hydroxylation sites is 1. The highest BCUT2D eigenvalue weighted by atomic mass is 32.2. The Kier molecular flexibility index (Phi) is 8.64. The summed E-state index contributed by atoms with van der Waals surface area (Å²) in [5.41, 5.74) is 4.71. The average molecular weight is 520 g/mol. The number of benzene rings is 2. The van der Waals surface area contributed by atoms with E-state index in [0.29, 0.717) is 21.7 Å². The molecule has 0 N–H and O–H groups in total. The normalized spacial score (nSPS) is 15.7. The molecule has 5 nitrogen and oxygen atoms in total. The lowest BCUT2D eigenvalue weighted by atomic mass is 9.99. The van der Waals surface area contributed by atoms with Gasteiger partial charge in [0.25, 0.3) is 5.91 Å². The number of methoxy groups -OCH3 is 1. The molecule has 0 spiro atoms. The Bertz CT molecular complexity index is 1270. The maximum atomic E-state index is 13.4. The second-order valence-electron chi connectivity index (χ2n) is 9.10. The summed E-state index contributed by atoms with van der Waals surface area (Å²) in [6.45, 7) is 7.12. The number of carbonyl (C=O) groups is 1. The number of amides is 1. The number of rotatable bonds is 10. The van der Waals surface area contributed by atoms with Crippen LogP contribution in [-0.2, 0) is 4.79 Å². The Morgan fingerprint density at radius 1 is 1.17 bits per heavy atom. The van der Waals surface area contributed by atoms with Crippen molar-refractivity contribution in [2.24, 2.45) is 5.92 Å². The van der Waals surface area contributed by atoms with Crippen LogP contribution in [0.2, 0.25) is 0 Å². The van der Waals surface area contributed by atoms with E-state index in [-0.39, 0.29) is 5.91 Å². The fourth-order valence-electron chi connectivity index (χ4n) is 4.42. The highest BCUT2D eigenvalue weighted by Gasteiger charge is 2.33. The van der Waals surface area contributed by atoms with Gasteiger partial charge in [-0.15, -0.1) is 0 Å². The van der Waals surface area contributed by atoms with E-state index in [9.17, 15) is 4.79 Å². The van der Waals surface area contributed by atoms with Crippen LogP contribution in [0.25, 0.3) is 23.0 Å². The van der Waals surface area contributed by atoms with Gasteiger partial charge in [0.15, 0.2) is 0 Å². The molecule has 1 fully saturated rings. The number of nitrogens with zero attached hydrogens (tertiary/aromatic N) is 3. The zero-order chi connectivity index (χ0) is 25.7. The molecule has 1 atom stereocenters. The third kappa shape index (κ3) is 5.73. The quantitative estimate of drug-likeness (QED) is 0.208. The molecule has 0 radical (unpaired) electrons. The first kappa shape index (κ1) is 26.2. The molecular weight excluding hydrogens is 486 g/mol. The summed E-state index contributed by atoms with van der Waals surface area (Å²) < 4.78 is 7.90. The van der Waals surface area contributed by atoms with Gasteiger partial charge in [0.1, 0.15) is 15.8 Å². The van der Waals surface area contributed by atoms with Gasteiger partial charge in [-0.25, -0.2) is 4.68 Å². The van der Waals surface area contributed by atoms with Crippen molar-refractivity contribution in [2.75, 3.05) is 13.7 Å². The summed E-state index contributed by atoms with van der Waals surface area (Å²) in [6, 6.07) is 16.0. The summed E-state index contributed by atoms with van der Waals surface area (Å²) in [5.74, 6) is 1.25. The molecule has 3 aromatic rings. The SMILES string of the molecule is CCCC[C@@H](CC)CN1C(=O)/C(=C/c2cn(-c3ccccc3)nc2-c2ccc(OC)cc2C)SC1=S. The number of hydrogen-bond acceptors (Lipinski definition) is 5. The molecule has 0 aliphatic carbocycles. The molecule has 1 amide bonds. The van der Waals surface area contributed by atoms with E-state index in [1.54, 1.807) is 12.0 Å². The fourth-order valence-corrected chi connectivity index (χ4v) is 5.68. The molecule has 1 aliphatic heterocycles. The molecular formula is C29H33N3O2S2. The molecule has 7 heteroatoms. The Balaban J connectivity index is 1.71. The standard InChI is InChI=1S/C29H33N3O2S2/c1-5-7-11-21(6-2)18-31-28(33)26(36-29(31)35)17-22-19-32(23-12-9-8-10-13-23)30-27(22)25-15-14-24(34-4)16-20(25)3/h8-10,12-17,19,21H,5-7,11,18H2,1-4H3/b26-17-/t21-/m1/s1. The Labute approximate surface area is 223 Å². The van der Waals surface area contributed by atoms with E-state index < -0.39 is 0 Å². The number of unbranched alkanes of at least 4 members (excludes halogenated alkanes) is 1. The van der Waals surface area contributed by atoms with Gasteiger partial charge in [-0.3, -0.25) is 9.69 Å². The molecule has 188 valence electrons. The summed E-state index contributed by atoms with van der Waals surface area (Å²) in [6.07, 6.45) is 8.42. The topological polar surface area (TPSA) is 47.4 Å². The molecule has 1 aromatic heterocycles. The Morgan fingerprint density at radius 3 is 2.61 bits per heavy atom. The number of aryl methyl sites for hydroxylation is 1. The monoisotopic (exact) mass is 519 g/mol. The first-order valence-corrected chi connectivity index (χ1v) is 13.7. The third-order valence-electron chi connectivity index (χ3n) is 6.60. The summed E-state index contributed by atoms with van der Waals surface area (Å²) >= 11 is 7.02. The van der Waals surface area contributed by atoms with Gasteiger partial charge in [-0.1, -0.05) is 75.3 Å². The predicted octanol–water partition coefficient (Wildman–Crippen LogP) is 7.27. The third-order valence-corrected chi connectivity index (χ3v) is 7.97. The number of hydrogen-bond donors (Lipinski definition) is 0. The summed E-state index contributed by atoms with van der Waals surface area (Å²) in [5, 5.41) is 4.93. The molecule has 4 rings (SSSR count). The van der Waals surface area contributed by atoms with Crippen LogP contribution in [0.3, 0.4) is 0 Å². The first-order valence-electron chi connectivity index (χ1n) is 12.5. The van der Waals surface area contributed by atoms with Crippen molar-refractivity contribution in [3.63, 3.8) is 0 Å². The maximum absolute atomic E-state index is 13.4. The summed E-state index contributed by atoms with van der Waals surface area (Å²) in [4.78, 5) is 15.9. The molecule has 1 saturated heterocycles. The van der Waals surface area contributed by atoms with E-state index in [1.165, 1.54) is 18.2 Å². The molecule has 2 aromatic carbocycles.